The minimum atomic E-state index is -0.631. The number of fused-ring (bicyclic) bond motifs is 1. The lowest BCUT2D eigenvalue weighted by Gasteiger charge is -2.28. The SMILES string of the molecule is CCOC(=O)C(C#N)=C1c2ccccc2CCC1Sc1nc(-c2ccccc2)cc(-c2ccccc2)c1C#N. The summed E-state index contributed by atoms with van der Waals surface area (Å²) in [4.78, 5) is 17.9. The van der Waals surface area contributed by atoms with Gasteiger partial charge >= 0.3 is 5.97 Å². The Kier molecular flexibility index (Phi) is 7.87. The quantitative estimate of drug-likeness (QED) is 0.149. The highest BCUT2D eigenvalue weighted by atomic mass is 32.2. The monoisotopic (exact) mass is 527 g/mol. The third-order valence-electron chi connectivity index (χ3n) is 6.67. The van der Waals surface area contributed by atoms with Gasteiger partial charge in [-0.25, -0.2) is 9.78 Å². The minimum absolute atomic E-state index is 0.00232. The highest BCUT2D eigenvalue weighted by Gasteiger charge is 2.32. The topological polar surface area (TPSA) is 86.8 Å². The van der Waals surface area contributed by atoms with Gasteiger partial charge in [-0.15, -0.1) is 0 Å². The van der Waals surface area contributed by atoms with Gasteiger partial charge in [-0.05, 0) is 48.1 Å². The normalized spacial score (nSPS) is 15.4. The third-order valence-corrected chi connectivity index (χ3v) is 7.95. The number of nitrogens with zero attached hydrogens (tertiary/aromatic N) is 3. The van der Waals surface area contributed by atoms with Crippen molar-refractivity contribution in [2.24, 2.45) is 0 Å². The summed E-state index contributed by atoms with van der Waals surface area (Å²) in [6.45, 7) is 1.90. The fourth-order valence-electron chi connectivity index (χ4n) is 4.89. The van der Waals surface area contributed by atoms with E-state index in [-0.39, 0.29) is 17.4 Å². The molecule has 0 spiro atoms. The molecule has 6 heteroatoms. The number of nitriles is 2. The van der Waals surface area contributed by atoms with E-state index in [4.69, 9.17) is 9.72 Å². The van der Waals surface area contributed by atoms with E-state index in [0.717, 1.165) is 39.9 Å². The van der Waals surface area contributed by atoms with Crippen LogP contribution < -0.4 is 0 Å². The van der Waals surface area contributed by atoms with E-state index in [0.29, 0.717) is 22.6 Å². The lowest BCUT2D eigenvalue weighted by molar-refractivity contribution is -0.137. The summed E-state index contributed by atoms with van der Waals surface area (Å²) in [7, 11) is 0. The molecule has 5 nitrogen and oxygen atoms in total. The Morgan fingerprint density at radius 3 is 2.28 bits per heavy atom. The average molecular weight is 528 g/mol. The number of aryl methyl sites for hydroxylation is 1. The van der Waals surface area contributed by atoms with Crippen molar-refractivity contribution < 1.29 is 9.53 Å². The molecule has 0 amide bonds. The van der Waals surface area contributed by atoms with E-state index in [9.17, 15) is 15.3 Å². The van der Waals surface area contributed by atoms with Crippen LogP contribution in [0.15, 0.2) is 102 Å². The van der Waals surface area contributed by atoms with Gasteiger partial charge in [-0.3, -0.25) is 0 Å². The Morgan fingerprint density at radius 1 is 0.949 bits per heavy atom. The van der Waals surface area contributed by atoms with Crippen LogP contribution in [0.25, 0.3) is 28.0 Å². The molecule has 4 aromatic rings. The van der Waals surface area contributed by atoms with E-state index >= 15 is 0 Å². The fourth-order valence-corrected chi connectivity index (χ4v) is 6.18. The molecule has 1 aliphatic carbocycles. The minimum Gasteiger partial charge on any atom is -0.462 e. The highest BCUT2D eigenvalue weighted by Crippen LogP contribution is 2.44. The van der Waals surface area contributed by atoms with Crippen LogP contribution in [0.4, 0.5) is 0 Å². The number of carbonyl (C=O) groups excluding carboxylic acids is 1. The summed E-state index contributed by atoms with van der Waals surface area (Å²) in [6.07, 6.45) is 1.47. The van der Waals surface area contributed by atoms with E-state index in [1.54, 1.807) is 6.92 Å². The van der Waals surface area contributed by atoms with Crippen LogP contribution in [0.2, 0.25) is 0 Å². The van der Waals surface area contributed by atoms with Crippen molar-refractivity contribution in [1.82, 2.24) is 4.98 Å². The number of esters is 1. The molecule has 39 heavy (non-hydrogen) atoms. The molecule has 190 valence electrons. The lowest BCUT2D eigenvalue weighted by atomic mass is 9.84. The summed E-state index contributed by atoms with van der Waals surface area (Å²) in [6, 6.07) is 34.0. The number of ether oxygens (including phenoxy) is 1. The molecule has 1 unspecified atom stereocenters. The maximum absolute atomic E-state index is 12.9. The molecule has 3 aromatic carbocycles. The summed E-state index contributed by atoms with van der Waals surface area (Å²) >= 11 is 1.43. The summed E-state index contributed by atoms with van der Waals surface area (Å²) in [5.74, 6) is -0.631. The van der Waals surface area contributed by atoms with Gasteiger partial charge in [0.05, 0.1) is 17.9 Å². The molecule has 0 fully saturated rings. The Bertz CT molecular complexity index is 1630. The molecule has 0 radical (unpaired) electrons. The first-order chi connectivity index (χ1) is 19.1. The van der Waals surface area contributed by atoms with E-state index < -0.39 is 5.97 Å². The van der Waals surface area contributed by atoms with Crippen molar-refractivity contribution in [2.45, 2.75) is 30.0 Å². The zero-order valence-electron chi connectivity index (χ0n) is 21.4. The van der Waals surface area contributed by atoms with E-state index in [2.05, 4.69) is 12.1 Å². The number of hydrogen-bond acceptors (Lipinski definition) is 6. The first-order valence-corrected chi connectivity index (χ1v) is 13.6. The second kappa shape index (κ2) is 11.8. The number of pyridine rings is 1. The van der Waals surface area contributed by atoms with Crippen LogP contribution in [-0.2, 0) is 16.0 Å². The molecule has 1 heterocycles. The molecule has 1 aromatic heterocycles. The predicted molar refractivity (Wildman–Crippen MR) is 153 cm³/mol. The number of aromatic nitrogens is 1. The molecule has 5 rings (SSSR count). The van der Waals surface area contributed by atoms with Gasteiger partial charge in [0.2, 0.25) is 0 Å². The fraction of sp³-hybridized carbons (Fsp3) is 0.152. The molecule has 0 saturated carbocycles. The maximum Gasteiger partial charge on any atom is 0.349 e. The van der Waals surface area contributed by atoms with Crippen LogP contribution in [0, 0.1) is 22.7 Å². The van der Waals surface area contributed by atoms with Crippen LogP contribution in [0.5, 0.6) is 0 Å². The molecule has 0 N–H and O–H groups in total. The van der Waals surface area contributed by atoms with Gasteiger partial charge in [0.25, 0.3) is 0 Å². The van der Waals surface area contributed by atoms with Crippen LogP contribution in [0.1, 0.15) is 30.0 Å². The summed E-state index contributed by atoms with van der Waals surface area (Å²) < 4.78 is 5.26. The van der Waals surface area contributed by atoms with E-state index in [1.165, 1.54) is 11.8 Å². The Balaban J connectivity index is 1.69. The van der Waals surface area contributed by atoms with Gasteiger partial charge in [0.1, 0.15) is 22.7 Å². The van der Waals surface area contributed by atoms with Crippen molar-refractivity contribution in [2.75, 3.05) is 6.61 Å². The molecule has 1 aliphatic rings. The van der Waals surface area contributed by atoms with Crippen molar-refractivity contribution in [1.29, 1.82) is 10.5 Å². The van der Waals surface area contributed by atoms with Gasteiger partial charge in [-0.2, -0.15) is 10.5 Å². The molecule has 0 aliphatic heterocycles. The average Bonchev–Trinajstić information content (AvgIpc) is 2.99. The second-order valence-corrected chi connectivity index (χ2v) is 10.2. The molecule has 1 atom stereocenters. The Labute approximate surface area is 232 Å². The van der Waals surface area contributed by atoms with Crippen molar-refractivity contribution >= 4 is 23.3 Å². The zero-order chi connectivity index (χ0) is 27.2. The summed E-state index contributed by atoms with van der Waals surface area (Å²) in [5, 5.41) is 20.7. The third kappa shape index (κ3) is 5.34. The molecule has 0 saturated heterocycles. The number of rotatable bonds is 6. The standard InChI is InChI=1S/C33H25N3O2S/c1-2-38-33(37)28(21-35)31-25-16-10-9-13-23(25)17-18-30(31)39-32-27(20-34)26(22-11-5-3-6-12-22)19-29(36-32)24-14-7-4-8-15-24/h3-16,19,30H,2,17-18H2,1H3. The van der Waals surface area contributed by atoms with Crippen molar-refractivity contribution in [3.05, 3.63) is 113 Å². The number of thioether (sulfide) groups is 1. The lowest BCUT2D eigenvalue weighted by Crippen LogP contribution is -2.20. The van der Waals surface area contributed by atoms with Gasteiger partial charge < -0.3 is 4.74 Å². The predicted octanol–water partition coefficient (Wildman–Crippen LogP) is 7.23. The van der Waals surface area contributed by atoms with Crippen LogP contribution >= 0.6 is 11.8 Å². The Morgan fingerprint density at radius 2 is 1.62 bits per heavy atom. The van der Waals surface area contributed by atoms with Gasteiger partial charge in [-0.1, -0.05) is 96.7 Å². The first-order valence-electron chi connectivity index (χ1n) is 12.8. The largest absolute Gasteiger partial charge is 0.462 e. The first kappa shape index (κ1) is 26.0. The van der Waals surface area contributed by atoms with Gasteiger partial charge in [0, 0.05) is 16.4 Å². The van der Waals surface area contributed by atoms with Crippen molar-refractivity contribution in [3.63, 3.8) is 0 Å². The molecule has 0 bridgehead atoms. The Hall–Kier alpha value is -4.65. The zero-order valence-corrected chi connectivity index (χ0v) is 22.2. The molecular formula is C33H25N3O2S. The van der Waals surface area contributed by atoms with E-state index in [1.807, 2.05) is 91.0 Å². The smallest absolute Gasteiger partial charge is 0.349 e. The maximum atomic E-state index is 12.9. The second-order valence-electron chi connectivity index (χ2n) is 9.00. The molecular weight excluding hydrogens is 502 g/mol. The van der Waals surface area contributed by atoms with Crippen molar-refractivity contribution in [3.8, 4) is 34.5 Å². The number of benzene rings is 3. The highest BCUT2D eigenvalue weighted by molar-refractivity contribution is 8.00. The van der Waals surface area contributed by atoms with Crippen LogP contribution in [-0.4, -0.2) is 22.8 Å². The number of hydrogen-bond donors (Lipinski definition) is 0. The van der Waals surface area contributed by atoms with Crippen LogP contribution in [0.3, 0.4) is 0 Å². The number of carbonyl (C=O) groups is 1. The van der Waals surface area contributed by atoms with Gasteiger partial charge in [0.15, 0.2) is 0 Å². The summed E-state index contributed by atoms with van der Waals surface area (Å²) in [5.41, 5.74) is 6.47.